The van der Waals surface area contributed by atoms with Crippen LogP contribution in [0.2, 0.25) is 0 Å². The Morgan fingerprint density at radius 3 is 2.57 bits per heavy atom. The normalized spacial score (nSPS) is 14.8. The van der Waals surface area contributed by atoms with Gasteiger partial charge in [0.2, 0.25) is 0 Å². The third-order valence-corrected chi connectivity index (χ3v) is 4.07. The first-order valence-corrected chi connectivity index (χ1v) is 8.11. The maximum Gasteiger partial charge on any atom is 0.136 e. The quantitative estimate of drug-likeness (QED) is 0.685. The second kappa shape index (κ2) is 7.59. The molecule has 0 atom stereocenters. The summed E-state index contributed by atoms with van der Waals surface area (Å²) in [5.74, 6) is 3.44. The van der Waals surface area contributed by atoms with Crippen molar-refractivity contribution in [1.82, 2.24) is 14.9 Å². The molecule has 1 aliphatic rings. The number of nitrogens with one attached hydrogen (secondary N) is 2. The molecule has 0 amide bonds. The van der Waals surface area contributed by atoms with Gasteiger partial charge in [-0.15, -0.1) is 0 Å². The van der Waals surface area contributed by atoms with Crippen molar-refractivity contribution in [3.8, 4) is 0 Å². The van der Waals surface area contributed by atoms with Crippen LogP contribution < -0.4 is 10.6 Å². The highest BCUT2D eigenvalue weighted by atomic mass is 15.1. The molecule has 1 aromatic rings. The SMILES string of the molecule is CNc1cc(NCCCCN(C)C(C)C)nc(C2CC2)n1. The Hall–Kier alpha value is -1.36. The van der Waals surface area contributed by atoms with Gasteiger partial charge in [-0.05, 0) is 53.1 Å². The summed E-state index contributed by atoms with van der Waals surface area (Å²) in [5.41, 5.74) is 0. The number of hydrogen-bond donors (Lipinski definition) is 2. The van der Waals surface area contributed by atoms with Gasteiger partial charge in [-0.2, -0.15) is 0 Å². The van der Waals surface area contributed by atoms with Gasteiger partial charge in [-0.25, -0.2) is 9.97 Å². The second-order valence-corrected chi connectivity index (χ2v) is 6.23. The first kappa shape index (κ1) is 16.0. The predicted octanol–water partition coefficient (Wildman–Crippen LogP) is 2.93. The molecule has 0 bridgehead atoms. The van der Waals surface area contributed by atoms with E-state index in [-0.39, 0.29) is 0 Å². The fourth-order valence-corrected chi connectivity index (χ4v) is 2.17. The highest BCUT2D eigenvalue weighted by Crippen LogP contribution is 2.38. The summed E-state index contributed by atoms with van der Waals surface area (Å²) in [6, 6.07) is 2.62. The maximum absolute atomic E-state index is 4.63. The molecule has 1 heterocycles. The van der Waals surface area contributed by atoms with Gasteiger partial charge in [0.25, 0.3) is 0 Å². The topological polar surface area (TPSA) is 53.1 Å². The first-order valence-electron chi connectivity index (χ1n) is 8.11. The molecule has 0 saturated heterocycles. The molecule has 0 spiro atoms. The van der Waals surface area contributed by atoms with Crippen molar-refractivity contribution in [1.29, 1.82) is 0 Å². The van der Waals surface area contributed by atoms with E-state index in [2.05, 4.69) is 46.4 Å². The third-order valence-electron chi connectivity index (χ3n) is 4.07. The van der Waals surface area contributed by atoms with E-state index in [0.717, 1.165) is 37.0 Å². The van der Waals surface area contributed by atoms with Crippen molar-refractivity contribution in [2.75, 3.05) is 37.8 Å². The lowest BCUT2D eigenvalue weighted by atomic mass is 10.2. The molecule has 1 saturated carbocycles. The average Bonchev–Trinajstić information content (AvgIpc) is 3.30. The summed E-state index contributed by atoms with van der Waals surface area (Å²) < 4.78 is 0. The van der Waals surface area contributed by atoms with Crippen molar-refractivity contribution in [2.24, 2.45) is 0 Å². The van der Waals surface area contributed by atoms with Gasteiger partial charge in [0.1, 0.15) is 17.5 Å². The van der Waals surface area contributed by atoms with Crippen molar-refractivity contribution in [3.05, 3.63) is 11.9 Å². The lowest BCUT2D eigenvalue weighted by molar-refractivity contribution is 0.269. The van der Waals surface area contributed by atoms with Gasteiger partial charge in [0, 0.05) is 31.6 Å². The van der Waals surface area contributed by atoms with Crippen LogP contribution in [0.5, 0.6) is 0 Å². The van der Waals surface area contributed by atoms with Crippen LogP contribution in [-0.2, 0) is 0 Å². The Morgan fingerprint density at radius 1 is 1.24 bits per heavy atom. The molecule has 0 radical (unpaired) electrons. The second-order valence-electron chi connectivity index (χ2n) is 6.23. The summed E-state index contributed by atoms with van der Waals surface area (Å²) in [6.45, 7) is 6.59. The Balaban J connectivity index is 1.76. The molecule has 21 heavy (non-hydrogen) atoms. The fourth-order valence-electron chi connectivity index (χ4n) is 2.17. The minimum absolute atomic E-state index is 0.582. The minimum atomic E-state index is 0.582. The number of anilines is 2. The molecule has 2 N–H and O–H groups in total. The van der Waals surface area contributed by atoms with E-state index < -0.39 is 0 Å². The Bertz CT molecular complexity index is 442. The fraction of sp³-hybridized carbons (Fsp3) is 0.750. The highest BCUT2D eigenvalue weighted by Gasteiger charge is 2.27. The standard InChI is InChI=1S/C16H29N5/c1-12(2)21(4)10-6-5-9-18-15-11-14(17-3)19-16(20-15)13-7-8-13/h11-13H,5-10H2,1-4H3,(H2,17,18,19,20). The van der Waals surface area contributed by atoms with E-state index >= 15 is 0 Å². The summed E-state index contributed by atoms with van der Waals surface area (Å²) in [7, 11) is 4.09. The van der Waals surface area contributed by atoms with Crippen molar-refractivity contribution < 1.29 is 0 Å². The van der Waals surface area contributed by atoms with Gasteiger partial charge in [-0.1, -0.05) is 0 Å². The van der Waals surface area contributed by atoms with Crippen LogP contribution >= 0.6 is 0 Å². The van der Waals surface area contributed by atoms with Crippen molar-refractivity contribution in [3.63, 3.8) is 0 Å². The van der Waals surface area contributed by atoms with E-state index in [1.807, 2.05) is 13.1 Å². The van der Waals surface area contributed by atoms with Crippen LogP contribution in [0.25, 0.3) is 0 Å². The van der Waals surface area contributed by atoms with Crippen LogP contribution in [0, 0.1) is 0 Å². The summed E-state index contributed by atoms with van der Waals surface area (Å²) in [4.78, 5) is 11.5. The monoisotopic (exact) mass is 291 g/mol. The number of rotatable bonds is 9. The third kappa shape index (κ3) is 5.16. The van der Waals surface area contributed by atoms with Crippen LogP contribution in [0.15, 0.2) is 6.07 Å². The van der Waals surface area contributed by atoms with Crippen LogP contribution in [-0.4, -0.2) is 48.1 Å². The smallest absolute Gasteiger partial charge is 0.136 e. The summed E-state index contributed by atoms with van der Waals surface area (Å²) in [6.07, 6.45) is 4.83. The zero-order chi connectivity index (χ0) is 15.2. The number of aromatic nitrogens is 2. The summed E-state index contributed by atoms with van der Waals surface area (Å²) >= 11 is 0. The molecule has 118 valence electrons. The molecular formula is C16H29N5. The Kier molecular flexibility index (Phi) is 5.79. The maximum atomic E-state index is 4.63. The van der Waals surface area contributed by atoms with E-state index in [4.69, 9.17) is 0 Å². The van der Waals surface area contributed by atoms with Gasteiger partial charge < -0.3 is 15.5 Å². The van der Waals surface area contributed by atoms with Gasteiger partial charge in [-0.3, -0.25) is 0 Å². The van der Waals surface area contributed by atoms with Crippen LogP contribution in [0.4, 0.5) is 11.6 Å². The molecule has 5 nitrogen and oxygen atoms in total. The van der Waals surface area contributed by atoms with Crippen LogP contribution in [0.1, 0.15) is 51.3 Å². The lowest BCUT2D eigenvalue weighted by Gasteiger charge is -2.20. The van der Waals surface area contributed by atoms with Gasteiger partial charge in [0.05, 0.1) is 0 Å². The molecule has 0 aromatic carbocycles. The molecule has 1 fully saturated rings. The molecule has 1 aliphatic carbocycles. The predicted molar refractivity (Wildman–Crippen MR) is 89.0 cm³/mol. The van der Waals surface area contributed by atoms with E-state index in [9.17, 15) is 0 Å². The van der Waals surface area contributed by atoms with Crippen molar-refractivity contribution in [2.45, 2.75) is 51.5 Å². The zero-order valence-corrected chi connectivity index (χ0v) is 13.8. The number of hydrogen-bond acceptors (Lipinski definition) is 5. The molecular weight excluding hydrogens is 262 g/mol. The largest absolute Gasteiger partial charge is 0.373 e. The number of nitrogens with zero attached hydrogens (tertiary/aromatic N) is 3. The molecule has 0 unspecified atom stereocenters. The minimum Gasteiger partial charge on any atom is -0.373 e. The van der Waals surface area contributed by atoms with Gasteiger partial charge >= 0.3 is 0 Å². The van der Waals surface area contributed by atoms with E-state index in [1.54, 1.807) is 0 Å². The van der Waals surface area contributed by atoms with Gasteiger partial charge in [0.15, 0.2) is 0 Å². The first-order chi connectivity index (χ1) is 10.1. The molecule has 0 aliphatic heterocycles. The van der Waals surface area contributed by atoms with Crippen molar-refractivity contribution >= 4 is 11.6 Å². The lowest BCUT2D eigenvalue weighted by Crippen LogP contribution is -2.27. The van der Waals surface area contributed by atoms with Crippen LogP contribution in [0.3, 0.4) is 0 Å². The Labute approximate surface area is 128 Å². The number of unbranched alkanes of at least 4 members (excludes halogenated alkanes) is 1. The average molecular weight is 291 g/mol. The highest BCUT2D eigenvalue weighted by molar-refractivity contribution is 5.47. The molecule has 1 aromatic heterocycles. The van der Waals surface area contributed by atoms with E-state index in [0.29, 0.717) is 12.0 Å². The molecule has 5 heteroatoms. The zero-order valence-electron chi connectivity index (χ0n) is 13.8. The Morgan fingerprint density at radius 2 is 1.95 bits per heavy atom. The molecule has 2 rings (SSSR count). The van der Waals surface area contributed by atoms with E-state index in [1.165, 1.54) is 19.3 Å². The summed E-state index contributed by atoms with van der Waals surface area (Å²) in [5, 5.41) is 6.56.